The molecule has 3 heterocycles. The lowest BCUT2D eigenvalue weighted by atomic mass is 10.1. The van der Waals surface area contributed by atoms with E-state index in [4.69, 9.17) is 11.6 Å². The highest BCUT2D eigenvalue weighted by molar-refractivity contribution is 6.52. The van der Waals surface area contributed by atoms with Gasteiger partial charge in [-0.25, -0.2) is 4.98 Å². The molecule has 0 radical (unpaired) electrons. The highest BCUT2D eigenvalue weighted by atomic mass is 35.5. The molecule has 4 rings (SSSR count). The molecule has 128 valence electrons. The lowest BCUT2D eigenvalue weighted by Gasteiger charge is -2.37. The Morgan fingerprint density at radius 1 is 1.04 bits per heavy atom. The number of amides is 1. The van der Waals surface area contributed by atoms with E-state index < -0.39 is 11.7 Å². The molecule has 1 aromatic heterocycles. The normalized spacial score (nSPS) is 18.0. The lowest BCUT2D eigenvalue weighted by molar-refractivity contribution is -0.114. The number of carbonyl (C=O) groups excluding carboxylic acids is 2. The minimum Gasteiger partial charge on any atom is -0.354 e. The Morgan fingerprint density at radius 2 is 1.84 bits per heavy atom. The summed E-state index contributed by atoms with van der Waals surface area (Å²) in [5, 5.41) is 0.464. The first-order chi connectivity index (χ1) is 12.1. The molecule has 7 heteroatoms. The Morgan fingerprint density at radius 3 is 2.56 bits per heavy atom. The van der Waals surface area contributed by atoms with Gasteiger partial charge in [-0.05, 0) is 30.3 Å². The Balaban J connectivity index is 1.44. The van der Waals surface area contributed by atoms with Crippen LogP contribution in [0.25, 0.3) is 0 Å². The maximum absolute atomic E-state index is 12.3. The van der Waals surface area contributed by atoms with Crippen molar-refractivity contribution in [3.05, 3.63) is 53.2 Å². The number of fused-ring (bicyclic) bond motifs is 1. The molecule has 2 aliphatic rings. The van der Waals surface area contributed by atoms with Crippen LogP contribution in [0.5, 0.6) is 0 Å². The zero-order chi connectivity index (χ0) is 17.4. The molecule has 0 unspecified atom stereocenters. The van der Waals surface area contributed by atoms with Crippen LogP contribution in [0.4, 0.5) is 11.5 Å². The van der Waals surface area contributed by atoms with Gasteiger partial charge in [0.15, 0.2) is 0 Å². The molecule has 2 aromatic rings. The van der Waals surface area contributed by atoms with E-state index in [-0.39, 0.29) is 0 Å². The number of benzene rings is 1. The Kier molecular flexibility index (Phi) is 4.15. The average Bonchev–Trinajstić information content (AvgIpc) is 2.88. The SMILES string of the molecule is O=C1C(=O)N(CN2CCN(c3ccccn3)CC2)c2ccc(Cl)cc21. The first-order valence-electron chi connectivity index (χ1n) is 8.17. The highest BCUT2D eigenvalue weighted by Gasteiger charge is 2.37. The van der Waals surface area contributed by atoms with Crippen molar-refractivity contribution < 1.29 is 9.59 Å². The van der Waals surface area contributed by atoms with E-state index in [0.29, 0.717) is 22.9 Å². The summed E-state index contributed by atoms with van der Waals surface area (Å²) in [6.07, 6.45) is 1.79. The minimum absolute atomic E-state index is 0.393. The molecular formula is C18H17ClN4O2. The fourth-order valence-corrected chi connectivity index (χ4v) is 3.44. The number of halogens is 1. The minimum atomic E-state index is -0.482. The van der Waals surface area contributed by atoms with Gasteiger partial charge in [-0.15, -0.1) is 0 Å². The summed E-state index contributed by atoms with van der Waals surface area (Å²) in [5.74, 6) is 0.00334. The van der Waals surface area contributed by atoms with Crippen LogP contribution in [-0.2, 0) is 4.79 Å². The van der Waals surface area contributed by atoms with Crippen LogP contribution in [-0.4, -0.2) is 54.4 Å². The van der Waals surface area contributed by atoms with E-state index in [1.54, 1.807) is 29.3 Å². The van der Waals surface area contributed by atoms with E-state index in [1.165, 1.54) is 0 Å². The van der Waals surface area contributed by atoms with Gasteiger partial charge in [0.2, 0.25) is 0 Å². The number of aromatic nitrogens is 1. The zero-order valence-electron chi connectivity index (χ0n) is 13.6. The van der Waals surface area contributed by atoms with Gasteiger partial charge in [-0.1, -0.05) is 17.7 Å². The summed E-state index contributed by atoms with van der Waals surface area (Å²) >= 11 is 5.95. The summed E-state index contributed by atoms with van der Waals surface area (Å²) < 4.78 is 0. The average molecular weight is 357 g/mol. The smallest absolute Gasteiger partial charge is 0.300 e. The van der Waals surface area contributed by atoms with Crippen molar-refractivity contribution >= 4 is 34.8 Å². The molecule has 1 aromatic carbocycles. The summed E-state index contributed by atoms with van der Waals surface area (Å²) in [7, 11) is 0. The molecule has 1 amide bonds. The third-order valence-electron chi connectivity index (χ3n) is 4.62. The number of nitrogens with zero attached hydrogens (tertiary/aromatic N) is 4. The first-order valence-corrected chi connectivity index (χ1v) is 8.55. The monoisotopic (exact) mass is 356 g/mol. The fraction of sp³-hybridized carbons (Fsp3) is 0.278. The van der Waals surface area contributed by atoms with Gasteiger partial charge in [-0.2, -0.15) is 0 Å². The second kappa shape index (κ2) is 6.46. The van der Waals surface area contributed by atoms with Crippen LogP contribution in [0.2, 0.25) is 5.02 Å². The molecule has 0 spiro atoms. The summed E-state index contributed by atoms with van der Waals surface area (Å²) in [6, 6.07) is 10.9. The van der Waals surface area contributed by atoms with Gasteiger partial charge < -0.3 is 4.90 Å². The van der Waals surface area contributed by atoms with Crippen molar-refractivity contribution in [3.63, 3.8) is 0 Å². The van der Waals surface area contributed by atoms with Crippen LogP contribution in [0.15, 0.2) is 42.6 Å². The second-order valence-electron chi connectivity index (χ2n) is 6.16. The molecule has 6 nitrogen and oxygen atoms in total. The maximum Gasteiger partial charge on any atom is 0.300 e. The number of ketones is 1. The number of hydrogen-bond donors (Lipinski definition) is 0. The van der Waals surface area contributed by atoms with Crippen molar-refractivity contribution in [2.45, 2.75) is 0 Å². The molecule has 2 aliphatic heterocycles. The highest BCUT2D eigenvalue weighted by Crippen LogP contribution is 2.31. The molecule has 0 N–H and O–H groups in total. The van der Waals surface area contributed by atoms with Gasteiger partial charge in [0.05, 0.1) is 17.9 Å². The maximum atomic E-state index is 12.3. The van der Waals surface area contributed by atoms with E-state index >= 15 is 0 Å². The summed E-state index contributed by atoms with van der Waals surface area (Å²) in [6.45, 7) is 3.69. The van der Waals surface area contributed by atoms with Crippen LogP contribution in [0.3, 0.4) is 0 Å². The van der Waals surface area contributed by atoms with Crippen LogP contribution in [0, 0.1) is 0 Å². The molecule has 0 bridgehead atoms. The van der Waals surface area contributed by atoms with Gasteiger partial charge in [0.25, 0.3) is 5.78 Å². The Bertz CT molecular complexity index is 819. The fourth-order valence-electron chi connectivity index (χ4n) is 3.27. The summed E-state index contributed by atoms with van der Waals surface area (Å²) in [5.41, 5.74) is 1.04. The second-order valence-corrected chi connectivity index (χ2v) is 6.59. The molecule has 25 heavy (non-hydrogen) atoms. The van der Waals surface area contributed by atoms with E-state index in [2.05, 4.69) is 14.8 Å². The predicted molar refractivity (Wildman–Crippen MR) is 96.2 cm³/mol. The Labute approximate surface area is 150 Å². The molecule has 1 fully saturated rings. The Hall–Kier alpha value is -2.44. The first kappa shape index (κ1) is 16.1. The van der Waals surface area contributed by atoms with Gasteiger partial charge >= 0.3 is 5.91 Å². The van der Waals surface area contributed by atoms with E-state index in [0.717, 1.165) is 32.0 Å². The topological polar surface area (TPSA) is 56.8 Å². The molecule has 1 saturated heterocycles. The molecule has 0 saturated carbocycles. The van der Waals surface area contributed by atoms with Gasteiger partial charge in [0.1, 0.15) is 5.82 Å². The van der Waals surface area contributed by atoms with Crippen molar-refractivity contribution in [1.82, 2.24) is 9.88 Å². The largest absolute Gasteiger partial charge is 0.354 e. The number of piperazine rings is 1. The quantitative estimate of drug-likeness (QED) is 0.788. The molecule has 0 atom stereocenters. The van der Waals surface area contributed by atoms with E-state index in [9.17, 15) is 9.59 Å². The van der Waals surface area contributed by atoms with Crippen LogP contribution in [0.1, 0.15) is 10.4 Å². The lowest BCUT2D eigenvalue weighted by Crippen LogP contribution is -2.51. The third-order valence-corrected chi connectivity index (χ3v) is 4.86. The standard InChI is InChI=1S/C18H17ClN4O2/c19-13-4-5-15-14(11-13)17(24)18(25)23(15)12-21-7-9-22(10-8-21)16-3-1-2-6-20-16/h1-6,11H,7-10,12H2. The van der Waals surface area contributed by atoms with Gasteiger partial charge in [-0.3, -0.25) is 19.4 Å². The number of anilines is 2. The van der Waals surface area contributed by atoms with Crippen LogP contribution < -0.4 is 9.80 Å². The van der Waals surface area contributed by atoms with Crippen molar-refractivity contribution in [3.8, 4) is 0 Å². The number of carbonyl (C=O) groups is 2. The van der Waals surface area contributed by atoms with Crippen LogP contribution >= 0.6 is 11.6 Å². The predicted octanol–water partition coefficient (Wildman–Crippen LogP) is 2.04. The zero-order valence-corrected chi connectivity index (χ0v) is 14.3. The summed E-state index contributed by atoms with van der Waals surface area (Å²) in [4.78, 5) is 34.8. The number of rotatable bonds is 3. The third kappa shape index (κ3) is 2.99. The number of Topliss-reactive ketones (excluding diaryl/α,β-unsaturated/α-hetero) is 1. The van der Waals surface area contributed by atoms with Gasteiger partial charge in [0, 0.05) is 37.4 Å². The van der Waals surface area contributed by atoms with E-state index in [1.807, 2.05) is 18.2 Å². The van der Waals surface area contributed by atoms with Crippen molar-refractivity contribution in [2.75, 3.05) is 42.6 Å². The van der Waals surface area contributed by atoms with Crippen molar-refractivity contribution in [2.24, 2.45) is 0 Å². The number of hydrogen-bond acceptors (Lipinski definition) is 5. The number of pyridine rings is 1. The van der Waals surface area contributed by atoms with Crippen molar-refractivity contribution in [1.29, 1.82) is 0 Å². The molecule has 0 aliphatic carbocycles. The molecular weight excluding hydrogens is 340 g/mol.